The van der Waals surface area contributed by atoms with Gasteiger partial charge in [0.2, 0.25) is 11.8 Å². The van der Waals surface area contributed by atoms with Crippen molar-refractivity contribution in [1.29, 1.82) is 0 Å². The Bertz CT molecular complexity index is 1850. The number of amides is 3. The molecule has 4 aliphatic heterocycles. The molecule has 3 N–H and O–H groups in total. The summed E-state index contributed by atoms with van der Waals surface area (Å²) in [7, 11) is -0.833. The van der Waals surface area contributed by atoms with E-state index in [0.717, 1.165) is 49.2 Å². The van der Waals surface area contributed by atoms with Gasteiger partial charge in [0.05, 0.1) is 58.5 Å². The molecular formula is C41H51ClN4O6Si. The average Bonchev–Trinajstić information content (AvgIpc) is 3.82. The van der Waals surface area contributed by atoms with Gasteiger partial charge in [0.1, 0.15) is 5.75 Å². The van der Waals surface area contributed by atoms with Crippen molar-refractivity contribution in [3.8, 4) is 5.75 Å². The van der Waals surface area contributed by atoms with Gasteiger partial charge in [0.15, 0.2) is 5.60 Å². The van der Waals surface area contributed by atoms with Crippen molar-refractivity contribution in [3.63, 3.8) is 0 Å². The number of ether oxygens (including phenoxy) is 2. The number of likely N-dealkylation sites (tertiary alicyclic amines) is 1. The number of benzene rings is 3. The summed E-state index contributed by atoms with van der Waals surface area (Å²) in [6, 6.07) is 21.1. The Morgan fingerprint density at radius 3 is 2.60 bits per heavy atom. The molecule has 0 radical (unpaired) electrons. The number of carbonyl (C=O) groups is 3. The number of methoxy groups -OCH3 is 1. The Morgan fingerprint density at radius 2 is 1.89 bits per heavy atom. The number of aliphatic hydroxyl groups excluding tert-OH is 1. The van der Waals surface area contributed by atoms with E-state index >= 15 is 4.79 Å². The lowest BCUT2D eigenvalue weighted by atomic mass is 9.82. The van der Waals surface area contributed by atoms with E-state index in [4.69, 9.17) is 21.1 Å². The van der Waals surface area contributed by atoms with Gasteiger partial charge in [-0.25, -0.2) is 0 Å². The van der Waals surface area contributed by atoms with Crippen LogP contribution in [0.1, 0.15) is 50.2 Å². The molecule has 53 heavy (non-hydrogen) atoms. The largest absolute Gasteiger partial charge is 0.497 e. The zero-order chi connectivity index (χ0) is 37.5. The Labute approximate surface area is 318 Å². The lowest BCUT2D eigenvalue weighted by Crippen LogP contribution is -2.52. The first-order chi connectivity index (χ1) is 25.5. The highest BCUT2D eigenvalue weighted by Gasteiger charge is 2.66. The fourth-order valence-electron chi connectivity index (χ4n) is 9.54. The molecule has 1 spiro atoms. The van der Waals surface area contributed by atoms with E-state index in [1.54, 1.807) is 23.0 Å². The molecule has 3 amide bonds. The monoisotopic (exact) mass is 758 g/mol. The lowest BCUT2D eigenvalue weighted by molar-refractivity contribution is -0.150. The van der Waals surface area contributed by atoms with Crippen LogP contribution < -0.4 is 25.5 Å². The predicted octanol–water partition coefficient (Wildman–Crippen LogP) is 5.42. The quantitative estimate of drug-likeness (QED) is 0.236. The molecule has 0 aliphatic carbocycles. The van der Waals surface area contributed by atoms with Crippen molar-refractivity contribution in [3.05, 3.63) is 82.9 Å². The second-order valence-electron chi connectivity index (χ2n) is 15.7. The maximum Gasteiger partial charge on any atom is 0.264 e. The van der Waals surface area contributed by atoms with Crippen LogP contribution in [0, 0.1) is 11.8 Å². The minimum atomic E-state index is -2.48. The molecule has 0 aromatic heterocycles. The number of fused-ring (bicyclic) bond motifs is 2. The summed E-state index contributed by atoms with van der Waals surface area (Å²) >= 11 is 6.69. The molecule has 0 bridgehead atoms. The van der Waals surface area contributed by atoms with E-state index in [0.29, 0.717) is 29.4 Å². The van der Waals surface area contributed by atoms with Crippen LogP contribution in [0.4, 0.5) is 11.4 Å². The summed E-state index contributed by atoms with van der Waals surface area (Å²) in [4.78, 5) is 45.9. The van der Waals surface area contributed by atoms with Crippen molar-refractivity contribution in [1.82, 2.24) is 10.2 Å². The highest BCUT2D eigenvalue weighted by Crippen LogP contribution is 2.60. The summed E-state index contributed by atoms with van der Waals surface area (Å²) in [5, 5.41) is 18.1. The van der Waals surface area contributed by atoms with Crippen LogP contribution in [0.5, 0.6) is 5.75 Å². The first-order valence-electron chi connectivity index (χ1n) is 18.9. The van der Waals surface area contributed by atoms with Crippen LogP contribution in [0.15, 0.2) is 66.7 Å². The molecule has 3 aromatic carbocycles. The summed E-state index contributed by atoms with van der Waals surface area (Å²) in [5.74, 6) is 0.134. The number of aliphatic hydroxyl groups is 1. The Hall–Kier alpha value is -3.74. The molecule has 7 rings (SSSR count). The first-order valence-corrected chi connectivity index (χ1v) is 22.4. The molecule has 6 atom stereocenters. The van der Waals surface area contributed by atoms with E-state index in [9.17, 15) is 14.7 Å². The topological polar surface area (TPSA) is 120 Å². The molecule has 12 heteroatoms. The van der Waals surface area contributed by atoms with Crippen LogP contribution in [0.3, 0.4) is 0 Å². The second-order valence-corrected chi connectivity index (χ2v) is 20.8. The zero-order valence-corrected chi connectivity index (χ0v) is 32.8. The number of hydrogen-bond acceptors (Lipinski definition) is 7. The van der Waals surface area contributed by atoms with Gasteiger partial charge in [-0.05, 0) is 85.8 Å². The average molecular weight is 759 g/mol. The summed E-state index contributed by atoms with van der Waals surface area (Å²) in [6.45, 7) is 9.07. The van der Waals surface area contributed by atoms with Gasteiger partial charge in [-0.3, -0.25) is 14.4 Å². The highest BCUT2D eigenvalue weighted by molar-refractivity contribution is 6.91. The minimum absolute atomic E-state index is 0.00627. The van der Waals surface area contributed by atoms with Crippen molar-refractivity contribution >= 4 is 54.0 Å². The number of carbonyl (C=O) groups excluding carboxylic acids is 3. The van der Waals surface area contributed by atoms with Gasteiger partial charge >= 0.3 is 0 Å². The lowest BCUT2D eigenvalue weighted by Gasteiger charge is -2.37. The van der Waals surface area contributed by atoms with Crippen LogP contribution in [0.2, 0.25) is 23.7 Å². The van der Waals surface area contributed by atoms with Crippen LogP contribution in [-0.4, -0.2) is 81.3 Å². The number of halogens is 1. The smallest absolute Gasteiger partial charge is 0.264 e. The summed E-state index contributed by atoms with van der Waals surface area (Å²) < 4.78 is 12.6. The molecule has 3 saturated heterocycles. The van der Waals surface area contributed by atoms with Crippen molar-refractivity contribution < 1.29 is 29.0 Å². The van der Waals surface area contributed by atoms with Crippen molar-refractivity contribution in [2.24, 2.45) is 11.8 Å². The number of nitrogens with one attached hydrogen (secondary N) is 2. The molecule has 4 heterocycles. The molecule has 4 aliphatic rings. The summed E-state index contributed by atoms with van der Waals surface area (Å²) in [5.41, 5.74) is 1.50. The second kappa shape index (κ2) is 15.2. The fourth-order valence-corrected chi connectivity index (χ4v) is 13.7. The third-order valence-corrected chi connectivity index (χ3v) is 16.9. The molecule has 1 unspecified atom stereocenters. The van der Waals surface area contributed by atoms with Crippen LogP contribution in [-0.2, 0) is 31.3 Å². The molecule has 0 saturated carbocycles. The van der Waals surface area contributed by atoms with Crippen LogP contribution in [0.25, 0.3) is 0 Å². The third kappa shape index (κ3) is 6.91. The van der Waals surface area contributed by atoms with E-state index in [1.165, 1.54) is 5.19 Å². The molecule has 3 aromatic rings. The van der Waals surface area contributed by atoms with Crippen molar-refractivity contribution in [2.45, 2.75) is 82.0 Å². The summed E-state index contributed by atoms with van der Waals surface area (Å²) in [6.07, 6.45) is 3.00. The van der Waals surface area contributed by atoms with Gasteiger partial charge in [-0.15, -0.1) is 0 Å². The minimum Gasteiger partial charge on any atom is -0.497 e. The van der Waals surface area contributed by atoms with E-state index in [1.807, 2.05) is 48.5 Å². The Balaban J connectivity index is 1.24. The molecular weight excluding hydrogens is 708 g/mol. The SMILES string of the molecule is COc1ccc([Si](C)(C)[C@@H]2[C@@H](CC(=O)N3CCC[C@H]3CO)O[C@]3(C(=O)N(Cc4cccc(NC(=O)C5CCCNC5)c4)c4ccc(Cl)cc43)[C@H]2C)cc1. The first kappa shape index (κ1) is 37.6. The fraction of sp³-hybridized carbons (Fsp3) is 0.488. The van der Waals surface area contributed by atoms with Crippen molar-refractivity contribution in [2.75, 3.05) is 43.6 Å². The van der Waals surface area contributed by atoms with Gasteiger partial charge < -0.3 is 35.0 Å². The maximum atomic E-state index is 15.2. The Kier molecular flexibility index (Phi) is 10.8. The molecule has 10 nitrogen and oxygen atoms in total. The predicted molar refractivity (Wildman–Crippen MR) is 209 cm³/mol. The maximum absolute atomic E-state index is 15.2. The highest BCUT2D eigenvalue weighted by atomic mass is 35.5. The number of hydrogen-bond donors (Lipinski definition) is 3. The third-order valence-electron chi connectivity index (χ3n) is 12.3. The number of anilines is 2. The molecule has 282 valence electrons. The normalized spacial score (nSPS) is 27.0. The number of piperidine rings is 1. The zero-order valence-electron chi connectivity index (χ0n) is 31.1. The molecule has 3 fully saturated rings. The van der Waals surface area contributed by atoms with E-state index in [2.05, 4.69) is 42.8 Å². The van der Waals surface area contributed by atoms with Gasteiger partial charge in [0.25, 0.3) is 5.91 Å². The number of nitrogens with zero attached hydrogens (tertiary/aromatic N) is 2. The number of rotatable bonds is 10. The standard InChI is InChI=1S/C41H51ClN4O6Si/c1-26-38(53(3,4)33-15-13-32(51-2)14-16-33)36(22-37(48)45-19-7-11-31(45)25-47)52-41(26)34-21-29(42)12-17-35(34)46(40(41)50)24-27-8-5-10-30(20-27)44-39(49)28-9-6-18-43-23-28/h5,8,10,12-17,20-21,26,28,31,36,38,43,47H,6-7,9,11,18-19,22-25H2,1-4H3,(H,44,49)/t26-,28?,31-,36+,38-,41+/m0/s1. The van der Waals surface area contributed by atoms with Gasteiger partial charge in [0, 0.05) is 35.3 Å². The Morgan fingerprint density at radius 1 is 1.09 bits per heavy atom. The van der Waals surface area contributed by atoms with Crippen LogP contribution >= 0.6 is 11.6 Å². The van der Waals surface area contributed by atoms with Gasteiger partial charge in [-0.2, -0.15) is 0 Å². The van der Waals surface area contributed by atoms with Gasteiger partial charge in [-0.1, -0.05) is 61.1 Å². The van der Waals surface area contributed by atoms with E-state index < -0.39 is 19.8 Å². The van der Waals surface area contributed by atoms with E-state index in [-0.39, 0.29) is 60.7 Å².